The SMILES string of the molecule is Cc1ccc(F)cc1[C@@H]1CCC(=O)N1. The molecule has 1 aliphatic heterocycles. The van der Waals surface area contributed by atoms with Gasteiger partial charge in [0.15, 0.2) is 0 Å². The highest BCUT2D eigenvalue weighted by Crippen LogP contribution is 2.26. The van der Waals surface area contributed by atoms with Gasteiger partial charge in [0.1, 0.15) is 5.82 Å². The van der Waals surface area contributed by atoms with Crippen molar-refractivity contribution in [3.63, 3.8) is 0 Å². The Hall–Kier alpha value is -1.38. The van der Waals surface area contributed by atoms with Crippen LogP contribution in [0.1, 0.15) is 30.0 Å². The second-order valence-corrected chi connectivity index (χ2v) is 3.66. The number of nitrogens with one attached hydrogen (secondary N) is 1. The molecule has 0 radical (unpaired) electrons. The fraction of sp³-hybridized carbons (Fsp3) is 0.364. The van der Waals surface area contributed by atoms with E-state index in [0.29, 0.717) is 6.42 Å². The smallest absolute Gasteiger partial charge is 0.220 e. The van der Waals surface area contributed by atoms with Crippen LogP contribution in [0, 0.1) is 12.7 Å². The summed E-state index contributed by atoms with van der Waals surface area (Å²) in [6.45, 7) is 1.93. The molecule has 1 saturated heterocycles. The van der Waals surface area contributed by atoms with Gasteiger partial charge < -0.3 is 5.32 Å². The summed E-state index contributed by atoms with van der Waals surface area (Å²) in [5.74, 6) is -0.189. The second kappa shape index (κ2) is 3.40. The predicted molar refractivity (Wildman–Crippen MR) is 51.3 cm³/mol. The zero-order chi connectivity index (χ0) is 10.1. The zero-order valence-electron chi connectivity index (χ0n) is 8.01. The molecular formula is C11H12FNO. The van der Waals surface area contributed by atoms with Crippen molar-refractivity contribution >= 4 is 5.91 Å². The molecule has 1 fully saturated rings. The minimum Gasteiger partial charge on any atom is -0.349 e. The number of benzene rings is 1. The Balaban J connectivity index is 2.31. The Morgan fingerprint density at radius 1 is 1.50 bits per heavy atom. The first-order valence-electron chi connectivity index (χ1n) is 4.72. The summed E-state index contributed by atoms with van der Waals surface area (Å²) in [6.07, 6.45) is 1.31. The van der Waals surface area contributed by atoms with Crippen molar-refractivity contribution in [2.75, 3.05) is 0 Å². The van der Waals surface area contributed by atoms with Gasteiger partial charge in [0.25, 0.3) is 0 Å². The molecule has 0 bridgehead atoms. The van der Waals surface area contributed by atoms with Gasteiger partial charge >= 0.3 is 0 Å². The summed E-state index contributed by atoms with van der Waals surface area (Å²) >= 11 is 0. The van der Waals surface area contributed by atoms with Crippen LogP contribution in [0.3, 0.4) is 0 Å². The molecule has 74 valence electrons. The van der Waals surface area contributed by atoms with Crippen molar-refractivity contribution in [1.29, 1.82) is 0 Å². The van der Waals surface area contributed by atoms with Gasteiger partial charge in [0.2, 0.25) is 5.91 Å². The highest BCUT2D eigenvalue weighted by molar-refractivity contribution is 5.78. The van der Waals surface area contributed by atoms with E-state index < -0.39 is 0 Å². The highest BCUT2D eigenvalue weighted by Gasteiger charge is 2.23. The molecule has 14 heavy (non-hydrogen) atoms. The first-order chi connectivity index (χ1) is 6.66. The standard InChI is InChI=1S/C11H12FNO/c1-7-2-3-8(12)6-9(7)10-4-5-11(14)13-10/h2-3,6,10H,4-5H2,1H3,(H,13,14)/t10-/m0/s1. The molecule has 0 unspecified atom stereocenters. The Labute approximate surface area is 82.1 Å². The Morgan fingerprint density at radius 3 is 2.93 bits per heavy atom. The maximum absolute atomic E-state index is 13.0. The molecule has 1 amide bonds. The largest absolute Gasteiger partial charge is 0.349 e. The van der Waals surface area contributed by atoms with E-state index in [0.717, 1.165) is 17.5 Å². The summed E-state index contributed by atoms with van der Waals surface area (Å²) in [6, 6.07) is 4.69. The third-order valence-electron chi connectivity index (χ3n) is 2.61. The first-order valence-corrected chi connectivity index (χ1v) is 4.72. The van der Waals surface area contributed by atoms with Gasteiger partial charge in [0.05, 0.1) is 6.04 Å². The van der Waals surface area contributed by atoms with Crippen molar-refractivity contribution in [3.8, 4) is 0 Å². The third-order valence-corrected chi connectivity index (χ3v) is 2.61. The molecular weight excluding hydrogens is 181 g/mol. The Morgan fingerprint density at radius 2 is 2.29 bits per heavy atom. The van der Waals surface area contributed by atoms with E-state index in [4.69, 9.17) is 0 Å². The van der Waals surface area contributed by atoms with Gasteiger partial charge in [-0.2, -0.15) is 0 Å². The van der Waals surface area contributed by atoms with Gasteiger partial charge in [-0.15, -0.1) is 0 Å². The molecule has 0 aliphatic carbocycles. The number of rotatable bonds is 1. The van der Waals surface area contributed by atoms with Crippen LogP contribution in [0.25, 0.3) is 0 Å². The average molecular weight is 193 g/mol. The lowest BCUT2D eigenvalue weighted by Crippen LogP contribution is -2.19. The minimum absolute atomic E-state index is 0.00167. The van der Waals surface area contributed by atoms with E-state index in [-0.39, 0.29) is 17.8 Å². The molecule has 1 N–H and O–H groups in total. The lowest BCUT2D eigenvalue weighted by atomic mass is 10.00. The summed E-state index contributed by atoms with van der Waals surface area (Å²) in [5.41, 5.74) is 1.93. The maximum atomic E-state index is 13.0. The lowest BCUT2D eigenvalue weighted by Gasteiger charge is -2.13. The number of carbonyl (C=O) groups excluding carboxylic acids is 1. The molecule has 1 atom stereocenters. The minimum atomic E-state index is -0.244. The van der Waals surface area contributed by atoms with Crippen molar-refractivity contribution in [2.24, 2.45) is 0 Å². The van der Waals surface area contributed by atoms with Crippen LogP contribution in [0.2, 0.25) is 0 Å². The van der Waals surface area contributed by atoms with Crippen LogP contribution in [-0.4, -0.2) is 5.91 Å². The fourth-order valence-corrected chi connectivity index (χ4v) is 1.83. The molecule has 0 spiro atoms. The number of amides is 1. The molecule has 1 heterocycles. The summed E-state index contributed by atoms with van der Waals surface area (Å²) < 4.78 is 13.0. The maximum Gasteiger partial charge on any atom is 0.220 e. The monoisotopic (exact) mass is 193 g/mol. The first kappa shape index (κ1) is 9.19. The van der Waals surface area contributed by atoms with Crippen LogP contribution in [-0.2, 0) is 4.79 Å². The van der Waals surface area contributed by atoms with E-state index >= 15 is 0 Å². The molecule has 2 nitrogen and oxygen atoms in total. The molecule has 2 rings (SSSR count). The fourth-order valence-electron chi connectivity index (χ4n) is 1.83. The summed E-state index contributed by atoms with van der Waals surface area (Å²) in [7, 11) is 0. The normalized spacial score (nSPS) is 21.0. The molecule has 1 aliphatic rings. The molecule has 1 aromatic carbocycles. The van der Waals surface area contributed by atoms with Gasteiger partial charge in [0, 0.05) is 6.42 Å². The number of hydrogen-bond acceptors (Lipinski definition) is 1. The summed E-state index contributed by atoms with van der Waals surface area (Å²) in [4.78, 5) is 11.0. The van der Waals surface area contributed by atoms with Gasteiger partial charge in [-0.3, -0.25) is 4.79 Å². The third kappa shape index (κ3) is 1.62. The lowest BCUT2D eigenvalue weighted by molar-refractivity contribution is -0.119. The van der Waals surface area contributed by atoms with Crippen molar-refractivity contribution < 1.29 is 9.18 Å². The van der Waals surface area contributed by atoms with E-state index in [2.05, 4.69) is 5.32 Å². The van der Waals surface area contributed by atoms with Gasteiger partial charge in [-0.1, -0.05) is 6.07 Å². The zero-order valence-corrected chi connectivity index (χ0v) is 8.01. The van der Waals surface area contributed by atoms with Crippen LogP contribution in [0.5, 0.6) is 0 Å². The van der Waals surface area contributed by atoms with E-state index in [9.17, 15) is 9.18 Å². The van der Waals surface area contributed by atoms with Crippen molar-refractivity contribution in [2.45, 2.75) is 25.8 Å². The topological polar surface area (TPSA) is 29.1 Å². The second-order valence-electron chi connectivity index (χ2n) is 3.66. The quantitative estimate of drug-likeness (QED) is 0.727. The van der Waals surface area contributed by atoms with Crippen LogP contribution >= 0.6 is 0 Å². The van der Waals surface area contributed by atoms with Crippen LogP contribution in [0.4, 0.5) is 4.39 Å². The highest BCUT2D eigenvalue weighted by atomic mass is 19.1. The number of carbonyl (C=O) groups is 1. The van der Waals surface area contributed by atoms with Gasteiger partial charge in [-0.05, 0) is 36.6 Å². The Kier molecular flexibility index (Phi) is 2.23. The molecule has 1 aromatic rings. The molecule has 3 heteroatoms. The number of halogens is 1. The summed E-state index contributed by atoms with van der Waals surface area (Å²) in [5, 5.41) is 2.83. The Bertz CT molecular complexity index is 376. The van der Waals surface area contributed by atoms with Crippen LogP contribution < -0.4 is 5.32 Å². The molecule has 0 aromatic heterocycles. The molecule has 0 saturated carbocycles. The predicted octanol–water partition coefficient (Wildman–Crippen LogP) is 2.09. The van der Waals surface area contributed by atoms with E-state index in [1.807, 2.05) is 6.92 Å². The van der Waals surface area contributed by atoms with E-state index in [1.54, 1.807) is 6.07 Å². The number of aryl methyl sites for hydroxylation is 1. The van der Waals surface area contributed by atoms with Crippen LogP contribution in [0.15, 0.2) is 18.2 Å². The van der Waals surface area contributed by atoms with E-state index in [1.165, 1.54) is 12.1 Å². The van der Waals surface area contributed by atoms with Gasteiger partial charge in [-0.25, -0.2) is 4.39 Å². The average Bonchev–Trinajstić information content (AvgIpc) is 2.56. The van der Waals surface area contributed by atoms with Crippen molar-refractivity contribution in [3.05, 3.63) is 35.1 Å². The number of hydrogen-bond donors (Lipinski definition) is 1. The van der Waals surface area contributed by atoms with Crippen molar-refractivity contribution in [1.82, 2.24) is 5.32 Å².